The molecule has 1 aromatic rings. The van der Waals surface area contributed by atoms with Crippen LogP contribution in [0.5, 0.6) is 0 Å². The average Bonchev–Trinajstić information content (AvgIpc) is 2.47. The molecule has 3 heteroatoms. The second kappa shape index (κ2) is 6.87. The summed E-state index contributed by atoms with van der Waals surface area (Å²) < 4.78 is 26.0. The lowest BCUT2D eigenvalue weighted by Crippen LogP contribution is -2.38. The van der Waals surface area contributed by atoms with Crippen LogP contribution >= 0.6 is 0 Å². The van der Waals surface area contributed by atoms with Gasteiger partial charge in [-0.3, -0.25) is 0 Å². The number of rotatable bonds is 5. The van der Waals surface area contributed by atoms with E-state index in [9.17, 15) is 13.9 Å². The Kier molecular flexibility index (Phi) is 5.37. The van der Waals surface area contributed by atoms with Crippen molar-refractivity contribution in [1.82, 2.24) is 0 Å². The summed E-state index contributed by atoms with van der Waals surface area (Å²) in [6, 6.07) is 7.59. The van der Waals surface area contributed by atoms with Gasteiger partial charge in [-0.25, -0.2) is 8.78 Å². The summed E-state index contributed by atoms with van der Waals surface area (Å²) in [7, 11) is 0. The van der Waals surface area contributed by atoms with E-state index in [1.807, 2.05) is 24.3 Å². The molecule has 1 nitrogen and oxygen atoms in total. The second-order valence-electron chi connectivity index (χ2n) is 6.63. The van der Waals surface area contributed by atoms with Gasteiger partial charge < -0.3 is 5.11 Å². The second-order valence-corrected chi connectivity index (χ2v) is 6.63. The molecule has 0 aliphatic heterocycles. The van der Waals surface area contributed by atoms with Crippen LogP contribution < -0.4 is 0 Å². The summed E-state index contributed by atoms with van der Waals surface area (Å²) in [5, 5.41) is 11.0. The lowest BCUT2D eigenvalue weighted by atomic mass is 9.71. The molecule has 1 N–H and O–H groups in total. The molecule has 1 atom stereocenters. The van der Waals surface area contributed by atoms with Crippen molar-refractivity contribution < 1.29 is 13.9 Å². The van der Waals surface area contributed by atoms with Gasteiger partial charge in [0.15, 0.2) is 0 Å². The molecule has 1 unspecified atom stereocenters. The fraction of sp³-hybridized carbons (Fsp3) is 0.667. The van der Waals surface area contributed by atoms with Crippen LogP contribution in [0.3, 0.4) is 0 Å². The SMILES string of the molecule is CC(C)c1ccc(C(O)(CC(F)F)C2CCCCC2)cc1. The minimum absolute atomic E-state index is 0.0508. The third kappa shape index (κ3) is 3.82. The smallest absolute Gasteiger partial charge is 0.241 e. The maximum absolute atomic E-state index is 13.0. The number of hydrogen-bond donors (Lipinski definition) is 1. The zero-order valence-electron chi connectivity index (χ0n) is 13.0. The predicted octanol–water partition coefficient (Wildman–Crippen LogP) is 5.23. The first-order valence-electron chi connectivity index (χ1n) is 8.04. The highest BCUT2D eigenvalue weighted by molar-refractivity contribution is 5.29. The molecule has 2 rings (SSSR count). The van der Waals surface area contributed by atoms with Crippen molar-refractivity contribution in [1.29, 1.82) is 0 Å². The van der Waals surface area contributed by atoms with E-state index < -0.39 is 18.4 Å². The molecular formula is C18H26F2O. The standard InChI is InChI=1S/C18H26F2O/c1-13(2)14-8-10-16(11-9-14)18(21,12-17(19)20)15-6-4-3-5-7-15/h8-11,13,15,17,21H,3-7,12H2,1-2H3. The molecule has 0 spiro atoms. The van der Waals surface area contributed by atoms with E-state index >= 15 is 0 Å². The summed E-state index contributed by atoms with van der Waals surface area (Å²) in [6.45, 7) is 4.20. The van der Waals surface area contributed by atoms with Gasteiger partial charge in [-0.05, 0) is 35.8 Å². The lowest BCUT2D eigenvalue weighted by molar-refractivity contribution is -0.0809. The highest BCUT2D eigenvalue weighted by atomic mass is 19.3. The molecule has 0 amide bonds. The molecule has 0 radical (unpaired) electrons. The number of aliphatic hydroxyl groups is 1. The summed E-state index contributed by atoms with van der Waals surface area (Å²) in [5.74, 6) is 0.349. The van der Waals surface area contributed by atoms with Crippen molar-refractivity contribution in [2.45, 2.75) is 70.3 Å². The summed E-state index contributed by atoms with van der Waals surface area (Å²) >= 11 is 0. The van der Waals surface area contributed by atoms with Crippen molar-refractivity contribution in [3.8, 4) is 0 Å². The zero-order chi connectivity index (χ0) is 15.5. The van der Waals surface area contributed by atoms with Crippen molar-refractivity contribution in [3.05, 3.63) is 35.4 Å². The molecule has 1 aliphatic carbocycles. The summed E-state index contributed by atoms with van der Waals surface area (Å²) in [6.07, 6.45) is 1.94. The largest absolute Gasteiger partial charge is 0.385 e. The predicted molar refractivity (Wildman–Crippen MR) is 81.6 cm³/mol. The molecule has 1 saturated carbocycles. The Hall–Kier alpha value is -0.960. The zero-order valence-corrected chi connectivity index (χ0v) is 13.0. The number of hydrogen-bond acceptors (Lipinski definition) is 1. The van der Waals surface area contributed by atoms with E-state index in [2.05, 4.69) is 13.8 Å². The van der Waals surface area contributed by atoms with Crippen LogP contribution in [0.25, 0.3) is 0 Å². The van der Waals surface area contributed by atoms with Crippen LogP contribution in [0, 0.1) is 5.92 Å². The third-order valence-electron chi connectivity index (χ3n) is 4.82. The topological polar surface area (TPSA) is 20.2 Å². The molecule has 0 heterocycles. The lowest BCUT2D eigenvalue weighted by Gasteiger charge is -2.39. The van der Waals surface area contributed by atoms with Gasteiger partial charge in [0.05, 0.1) is 5.60 Å². The van der Waals surface area contributed by atoms with Crippen LogP contribution in [0.2, 0.25) is 0 Å². The average molecular weight is 296 g/mol. The summed E-state index contributed by atoms with van der Waals surface area (Å²) in [4.78, 5) is 0. The number of alkyl halides is 2. The van der Waals surface area contributed by atoms with Crippen molar-refractivity contribution in [3.63, 3.8) is 0 Å². The van der Waals surface area contributed by atoms with Crippen LogP contribution in [0.15, 0.2) is 24.3 Å². The van der Waals surface area contributed by atoms with E-state index in [4.69, 9.17) is 0 Å². The Morgan fingerprint density at radius 2 is 1.67 bits per heavy atom. The molecule has 0 bridgehead atoms. The van der Waals surface area contributed by atoms with Gasteiger partial charge in [-0.15, -0.1) is 0 Å². The molecule has 118 valence electrons. The normalized spacial score (nSPS) is 20.0. The van der Waals surface area contributed by atoms with Crippen LogP contribution in [0.4, 0.5) is 8.78 Å². The van der Waals surface area contributed by atoms with Crippen LogP contribution in [-0.4, -0.2) is 11.5 Å². The fourth-order valence-corrected chi connectivity index (χ4v) is 3.49. The van der Waals surface area contributed by atoms with E-state index in [1.54, 1.807) is 0 Å². The monoisotopic (exact) mass is 296 g/mol. The third-order valence-corrected chi connectivity index (χ3v) is 4.82. The van der Waals surface area contributed by atoms with Crippen molar-refractivity contribution in [2.24, 2.45) is 5.92 Å². The Labute approximate surface area is 126 Å². The van der Waals surface area contributed by atoms with E-state index in [1.165, 1.54) is 5.56 Å². The summed E-state index contributed by atoms with van der Waals surface area (Å²) in [5.41, 5.74) is 0.435. The van der Waals surface area contributed by atoms with Gasteiger partial charge in [-0.2, -0.15) is 0 Å². The first-order valence-corrected chi connectivity index (χ1v) is 8.04. The molecule has 1 aromatic carbocycles. The van der Waals surface area contributed by atoms with Gasteiger partial charge in [0.2, 0.25) is 6.43 Å². The highest BCUT2D eigenvalue weighted by Crippen LogP contribution is 2.43. The molecule has 0 saturated heterocycles. The van der Waals surface area contributed by atoms with Gasteiger partial charge in [0, 0.05) is 6.42 Å². The minimum atomic E-state index is -2.48. The van der Waals surface area contributed by atoms with Crippen LogP contribution in [0.1, 0.15) is 69.4 Å². The van der Waals surface area contributed by atoms with E-state index in [0.29, 0.717) is 11.5 Å². The minimum Gasteiger partial charge on any atom is -0.385 e. The van der Waals surface area contributed by atoms with Gasteiger partial charge >= 0.3 is 0 Å². The molecular weight excluding hydrogens is 270 g/mol. The van der Waals surface area contributed by atoms with Crippen molar-refractivity contribution in [2.75, 3.05) is 0 Å². The first-order chi connectivity index (χ1) is 9.93. The van der Waals surface area contributed by atoms with Crippen LogP contribution in [-0.2, 0) is 5.60 Å². The van der Waals surface area contributed by atoms with E-state index in [0.717, 1.165) is 32.1 Å². The molecule has 21 heavy (non-hydrogen) atoms. The Balaban J connectivity index is 2.29. The molecule has 1 aliphatic rings. The van der Waals surface area contributed by atoms with E-state index in [-0.39, 0.29) is 5.92 Å². The number of benzene rings is 1. The quantitative estimate of drug-likeness (QED) is 0.788. The highest BCUT2D eigenvalue weighted by Gasteiger charge is 2.41. The maximum atomic E-state index is 13.0. The van der Waals surface area contributed by atoms with Crippen molar-refractivity contribution >= 4 is 0 Å². The van der Waals surface area contributed by atoms with Gasteiger partial charge in [-0.1, -0.05) is 57.4 Å². The van der Waals surface area contributed by atoms with Gasteiger partial charge in [0.25, 0.3) is 0 Å². The fourth-order valence-electron chi connectivity index (χ4n) is 3.49. The number of halogens is 2. The Bertz CT molecular complexity index is 435. The molecule has 0 aromatic heterocycles. The first kappa shape index (κ1) is 16.4. The maximum Gasteiger partial charge on any atom is 0.241 e. The van der Waals surface area contributed by atoms with Gasteiger partial charge in [0.1, 0.15) is 0 Å². The molecule has 1 fully saturated rings. The Morgan fingerprint density at radius 1 is 1.10 bits per heavy atom. The Morgan fingerprint density at radius 3 is 2.14 bits per heavy atom.